The van der Waals surface area contributed by atoms with Gasteiger partial charge < -0.3 is 15.4 Å². The second kappa shape index (κ2) is 5.83. The van der Waals surface area contributed by atoms with E-state index < -0.39 is 0 Å². The number of amides is 1. The van der Waals surface area contributed by atoms with Crippen molar-refractivity contribution >= 4 is 11.6 Å². The number of aryl methyl sites for hydroxylation is 1. The number of carbonyl (C=O) groups is 1. The summed E-state index contributed by atoms with van der Waals surface area (Å²) in [5.74, 6) is 1.81. The Balaban J connectivity index is 1.79. The molecule has 0 aromatic heterocycles. The molecule has 1 aliphatic carbocycles. The van der Waals surface area contributed by atoms with Crippen LogP contribution in [0.5, 0.6) is 5.75 Å². The summed E-state index contributed by atoms with van der Waals surface area (Å²) in [4.78, 5) is 14.1. The Hall–Kier alpha value is -1.55. The molecule has 1 aromatic carbocycles. The van der Waals surface area contributed by atoms with Crippen LogP contribution < -0.4 is 15.4 Å². The zero-order valence-corrected chi connectivity index (χ0v) is 11.8. The van der Waals surface area contributed by atoms with E-state index in [1.54, 1.807) is 0 Å². The second-order valence-corrected chi connectivity index (χ2v) is 5.73. The molecule has 1 heterocycles. The van der Waals surface area contributed by atoms with E-state index in [2.05, 4.69) is 6.07 Å². The lowest BCUT2D eigenvalue weighted by Crippen LogP contribution is -2.40. The van der Waals surface area contributed by atoms with E-state index in [1.165, 1.54) is 24.8 Å². The van der Waals surface area contributed by atoms with Crippen LogP contribution in [0.1, 0.15) is 31.2 Å². The number of hydrogen-bond acceptors (Lipinski definition) is 3. The fourth-order valence-corrected chi connectivity index (χ4v) is 2.94. The number of rotatable bonds is 5. The van der Waals surface area contributed by atoms with E-state index in [1.807, 2.05) is 17.0 Å². The van der Waals surface area contributed by atoms with E-state index in [0.717, 1.165) is 24.4 Å². The smallest absolute Gasteiger partial charge is 0.227 e. The molecule has 108 valence electrons. The largest absolute Gasteiger partial charge is 0.492 e. The molecule has 0 saturated heterocycles. The monoisotopic (exact) mass is 274 g/mol. The highest BCUT2D eigenvalue weighted by Crippen LogP contribution is 2.35. The third-order valence-corrected chi connectivity index (χ3v) is 4.30. The molecule has 2 N–H and O–H groups in total. The van der Waals surface area contributed by atoms with Gasteiger partial charge in [-0.1, -0.05) is 6.42 Å². The third kappa shape index (κ3) is 2.66. The van der Waals surface area contributed by atoms with Crippen LogP contribution in [0.2, 0.25) is 0 Å². The van der Waals surface area contributed by atoms with Gasteiger partial charge in [0.2, 0.25) is 5.91 Å². The standard InChI is InChI=1S/C16H22N2O2/c17-8-9-20-14-5-6-15-13(10-14)4-7-16(19)18(15)11-12-2-1-3-12/h5-6,10,12H,1-4,7-9,11,17H2. The fourth-order valence-electron chi connectivity index (χ4n) is 2.94. The normalized spacial score (nSPS) is 18.6. The molecule has 4 nitrogen and oxygen atoms in total. The predicted octanol–water partition coefficient (Wildman–Crippen LogP) is 2.10. The molecule has 20 heavy (non-hydrogen) atoms. The molecule has 0 atom stereocenters. The lowest BCUT2D eigenvalue weighted by Gasteiger charge is -2.35. The molecule has 0 unspecified atom stereocenters. The molecule has 1 aromatic rings. The zero-order valence-electron chi connectivity index (χ0n) is 11.8. The summed E-state index contributed by atoms with van der Waals surface area (Å²) in [6, 6.07) is 6.03. The van der Waals surface area contributed by atoms with Gasteiger partial charge in [0.25, 0.3) is 0 Å². The molecule has 4 heteroatoms. The van der Waals surface area contributed by atoms with Crippen LogP contribution in [-0.2, 0) is 11.2 Å². The van der Waals surface area contributed by atoms with Crippen molar-refractivity contribution < 1.29 is 9.53 Å². The minimum absolute atomic E-state index is 0.264. The first-order valence-electron chi connectivity index (χ1n) is 7.54. The number of hydrogen-bond donors (Lipinski definition) is 1. The molecule has 0 radical (unpaired) electrons. The van der Waals surface area contributed by atoms with Crippen LogP contribution in [0.4, 0.5) is 5.69 Å². The number of ether oxygens (including phenoxy) is 1. The molecule has 1 amide bonds. The average molecular weight is 274 g/mol. The van der Waals surface area contributed by atoms with Crippen LogP contribution in [0, 0.1) is 5.92 Å². The van der Waals surface area contributed by atoms with Gasteiger partial charge in [0.05, 0.1) is 0 Å². The van der Waals surface area contributed by atoms with E-state index in [0.29, 0.717) is 25.5 Å². The maximum atomic E-state index is 12.2. The Labute approximate surface area is 119 Å². The molecule has 0 spiro atoms. The van der Waals surface area contributed by atoms with Gasteiger partial charge in [0.15, 0.2) is 0 Å². The average Bonchev–Trinajstić information content (AvgIpc) is 2.42. The highest BCUT2D eigenvalue weighted by Gasteiger charge is 2.28. The first-order valence-corrected chi connectivity index (χ1v) is 7.54. The molecule has 1 fully saturated rings. The molecule has 2 aliphatic rings. The number of anilines is 1. The minimum atomic E-state index is 0.264. The molecule has 1 aliphatic heterocycles. The van der Waals surface area contributed by atoms with Crippen molar-refractivity contribution in [2.24, 2.45) is 11.7 Å². The quantitative estimate of drug-likeness (QED) is 0.894. The maximum absolute atomic E-state index is 12.2. The topological polar surface area (TPSA) is 55.6 Å². The fraction of sp³-hybridized carbons (Fsp3) is 0.562. The first kappa shape index (κ1) is 13.4. The number of benzene rings is 1. The number of fused-ring (bicyclic) bond motifs is 1. The van der Waals surface area contributed by atoms with Crippen LogP contribution in [-0.4, -0.2) is 25.6 Å². The summed E-state index contributed by atoms with van der Waals surface area (Å²) >= 11 is 0. The van der Waals surface area contributed by atoms with Crippen molar-refractivity contribution in [2.75, 3.05) is 24.6 Å². The SMILES string of the molecule is NCCOc1ccc2c(c1)CCC(=O)N2CC1CCC1. The van der Waals surface area contributed by atoms with Gasteiger partial charge >= 0.3 is 0 Å². The van der Waals surface area contributed by atoms with Gasteiger partial charge in [-0.25, -0.2) is 0 Å². The first-order chi connectivity index (χ1) is 9.78. The maximum Gasteiger partial charge on any atom is 0.227 e. The Kier molecular flexibility index (Phi) is 3.92. The van der Waals surface area contributed by atoms with E-state index in [-0.39, 0.29) is 5.91 Å². The Morgan fingerprint density at radius 1 is 1.30 bits per heavy atom. The Morgan fingerprint density at radius 2 is 2.15 bits per heavy atom. The minimum Gasteiger partial charge on any atom is -0.492 e. The van der Waals surface area contributed by atoms with Crippen molar-refractivity contribution in [3.63, 3.8) is 0 Å². The third-order valence-electron chi connectivity index (χ3n) is 4.30. The van der Waals surface area contributed by atoms with E-state index in [9.17, 15) is 4.79 Å². The summed E-state index contributed by atoms with van der Waals surface area (Å²) in [6.07, 6.45) is 5.26. The van der Waals surface area contributed by atoms with Gasteiger partial charge in [0.1, 0.15) is 12.4 Å². The number of nitrogens with two attached hydrogens (primary N) is 1. The van der Waals surface area contributed by atoms with Crippen LogP contribution in [0.25, 0.3) is 0 Å². The predicted molar refractivity (Wildman–Crippen MR) is 79.0 cm³/mol. The molecule has 1 saturated carbocycles. The van der Waals surface area contributed by atoms with Crippen molar-refractivity contribution in [3.8, 4) is 5.75 Å². The van der Waals surface area contributed by atoms with Crippen molar-refractivity contribution in [1.29, 1.82) is 0 Å². The van der Waals surface area contributed by atoms with Gasteiger partial charge in [0, 0.05) is 25.2 Å². The highest BCUT2D eigenvalue weighted by molar-refractivity contribution is 5.96. The van der Waals surface area contributed by atoms with Crippen LogP contribution in [0.15, 0.2) is 18.2 Å². The Morgan fingerprint density at radius 3 is 2.85 bits per heavy atom. The van der Waals surface area contributed by atoms with Gasteiger partial charge in [-0.2, -0.15) is 0 Å². The summed E-state index contributed by atoms with van der Waals surface area (Å²) in [6.45, 7) is 1.93. The molecular formula is C16H22N2O2. The van der Waals surface area contributed by atoms with Crippen molar-refractivity contribution in [2.45, 2.75) is 32.1 Å². The van der Waals surface area contributed by atoms with Crippen molar-refractivity contribution in [1.82, 2.24) is 0 Å². The van der Waals surface area contributed by atoms with Crippen molar-refractivity contribution in [3.05, 3.63) is 23.8 Å². The van der Waals surface area contributed by atoms with E-state index in [4.69, 9.17) is 10.5 Å². The number of nitrogens with zero attached hydrogens (tertiary/aromatic N) is 1. The summed E-state index contributed by atoms with van der Waals surface area (Å²) in [7, 11) is 0. The Bertz CT molecular complexity index is 497. The molecule has 0 bridgehead atoms. The number of carbonyl (C=O) groups excluding carboxylic acids is 1. The zero-order chi connectivity index (χ0) is 13.9. The highest BCUT2D eigenvalue weighted by atomic mass is 16.5. The summed E-state index contributed by atoms with van der Waals surface area (Å²) in [5, 5.41) is 0. The summed E-state index contributed by atoms with van der Waals surface area (Å²) < 4.78 is 5.57. The van der Waals surface area contributed by atoms with Gasteiger partial charge in [-0.3, -0.25) is 4.79 Å². The molecule has 3 rings (SSSR count). The lowest BCUT2D eigenvalue weighted by molar-refractivity contribution is -0.119. The van der Waals surface area contributed by atoms with Crippen LogP contribution >= 0.6 is 0 Å². The summed E-state index contributed by atoms with van der Waals surface area (Å²) in [5.41, 5.74) is 7.75. The van der Waals surface area contributed by atoms with Gasteiger partial charge in [-0.15, -0.1) is 0 Å². The van der Waals surface area contributed by atoms with Crippen LogP contribution in [0.3, 0.4) is 0 Å². The van der Waals surface area contributed by atoms with E-state index >= 15 is 0 Å². The molecular weight excluding hydrogens is 252 g/mol. The lowest BCUT2D eigenvalue weighted by atomic mass is 9.84. The second-order valence-electron chi connectivity index (χ2n) is 5.73. The van der Waals surface area contributed by atoms with Gasteiger partial charge in [-0.05, 0) is 48.9 Å².